The third-order valence-electron chi connectivity index (χ3n) is 4.68. The van der Waals surface area contributed by atoms with Crippen LogP contribution in [0.3, 0.4) is 0 Å². The quantitative estimate of drug-likeness (QED) is 0.762. The summed E-state index contributed by atoms with van der Waals surface area (Å²) in [4.78, 5) is 16.2. The number of carbonyl (C=O) groups is 1. The highest BCUT2D eigenvalue weighted by Crippen LogP contribution is 2.35. The van der Waals surface area contributed by atoms with Crippen LogP contribution in [0.2, 0.25) is 0 Å². The second-order valence-corrected chi connectivity index (χ2v) is 5.95. The lowest BCUT2D eigenvalue weighted by molar-refractivity contribution is -0.131. The Morgan fingerprint density at radius 2 is 2.05 bits per heavy atom. The number of hydrogen-bond donors (Lipinski definition) is 0. The SMILES string of the molecule is CN(CCC#N)C(=O)CN1CCCC1C1CCCC1. The molecule has 1 aliphatic heterocycles. The summed E-state index contributed by atoms with van der Waals surface area (Å²) in [7, 11) is 1.81. The topological polar surface area (TPSA) is 47.3 Å². The molecule has 1 aliphatic carbocycles. The van der Waals surface area contributed by atoms with Gasteiger partial charge >= 0.3 is 0 Å². The molecule has 106 valence electrons. The van der Waals surface area contributed by atoms with Gasteiger partial charge in [-0.15, -0.1) is 0 Å². The van der Waals surface area contributed by atoms with Crippen LogP contribution < -0.4 is 0 Å². The summed E-state index contributed by atoms with van der Waals surface area (Å²) in [6.07, 6.45) is 8.35. The van der Waals surface area contributed by atoms with E-state index in [1.165, 1.54) is 38.5 Å². The van der Waals surface area contributed by atoms with Gasteiger partial charge in [-0.05, 0) is 38.1 Å². The maximum Gasteiger partial charge on any atom is 0.236 e. The van der Waals surface area contributed by atoms with Gasteiger partial charge in [0, 0.05) is 19.6 Å². The fourth-order valence-corrected chi connectivity index (χ4v) is 3.56. The highest BCUT2D eigenvalue weighted by molar-refractivity contribution is 5.78. The standard InChI is InChI=1S/C15H25N3O/c1-17(10-5-9-16)15(19)12-18-11-4-8-14(18)13-6-2-3-7-13/h13-14H,2-8,10-12H2,1H3. The molecule has 19 heavy (non-hydrogen) atoms. The summed E-state index contributed by atoms with van der Waals surface area (Å²) in [5, 5.41) is 8.57. The Kier molecular flexibility index (Phi) is 5.21. The van der Waals surface area contributed by atoms with E-state index < -0.39 is 0 Å². The van der Waals surface area contributed by atoms with Gasteiger partial charge in [0.05, 0.1) is 19.0 Å². The number of amides is 1. The molecule has 2 rings (SSSR count). The summed E-state index contributed by atoms with van der Waals surface area (Å²) in [6.45, 7) is 2.17. The van der Waals surface area contributed by atoms with E-state index in [2.05, 4.69) is 11.0 Å². The van der Waals surface area contributed by atoms with Gasteiger partial charge in [0.15, 0.2) is 0 Å². The predicted octanol–water partition coefficient (Wildman–Crippen LogP) is 2.01. The Hall–Kier alpha value is -1.08. The van der Waals surface area contributed by atoms with Crippen molar-refractivity contribution in [3.63, 3.8) is 0 Å². The monoisotopic (exact) mass is 263 g/mol. The lowest BCUT2D eigenvalue weighted by Crippen LogP contribution is -2.43. The van der Waals surface area contributed by atoms with E-state index in [0.717, 1.165) is 12.5 Å². The lowest BCUT2D eigenvalue weighted by Gasteiger charge is -2.30. The van der Waals surface area contributed by atoms with Crippen LogP contribution in [0.4, 0.5) is 0 Å². The Labute approximate surface area is 116 Å². The normalized spacial score (nSPS) is 24.5. The van der Waals surface area contributed by atoms with Gasteiger partial charge in [-0.1, -0.05) is 12.8 Å². The minimum absolute atomic E-state index is 0.167. The third-order valence-corrected chi connectivity index (χ3v) is 4.68. The minimum atomic E-state index is 0.167. The Balaban J connectivity index is 1.83. The van der Waals surface area contributed by atoms with Crippen LogP contribution in [-0.4, -0.2) is 48.4 Å². The number of likely N-dealkylation sites (tertiary alicyclic amines) is 1. The molecular formula is C15H25N3O. The Morgan fingerprint density at radius 3 is 2.74 bits per heavy atom. The van der Waals surface area contributed by atoms with Gasteiger partial charge in [-0.3, -0.25) is 9.69 Å². The van der Waals surface area contributed by atoms with Crippen molar-refractivity contribution in [2.24, 2.45) is 5.92 Å². The molecule has 0 radical (unpaired) electrons. The first-order valence-corrected chi connectivity index (χ1v) is 7.57. The third kappa shape index (κ3) is 3.70. The Morgan fingerprint density at radius 1 is 1.32 bits per heavy atom. The van der Waals surface area contributed by atoms with Gasteiger partial charge in [0.2, 0.25) is 5.91 Å². The highest BCUT2D eigenvalue weighted by Gasteiger charge is 2.34. The second kappa shape index (κ2) is 6.91. The molecule has 0 aromatic carbocycles. The van der Waals surface area contributed by atoms with E-state index in [0.29, 0.717) is 25.6 Å². The molecule has 1 amide bonds. The summed E-state index contributed by atoms with van der Waals surface area (Å²) in [5.41, 5.74) is 0. The fraction of sp³-hybridized carbons (Fsp3) is 0.867. The maximum atomic E-state index is 12.1. The van der Waals surface area contributed by atoms with Crippen LogP contribution in [0, 0.1) is 17.2 Å². The molecule has 0 N–H and O–H groups in total. The lowest BCUT2D eigenvalue weighted by atomic mass is 9.96. The van der Waals surface area contributed by atoms with Crippen molar-refractivity contribution in [3.8, 4) is 6.07 Å². The fourth-order valence-electron chi connectivity index (χ4n) is 3.56. The molecular weight excluding hydrogens is 238 g/mol. The molecule has 2 fully saturated rings. The molecule has 0 spiro atoms. The summed E-state index contributed by atoms with van der Waals surface area (Å²) < 4.78 is 0. The van der Waals surface area contributed by atoms with Crippen molar-refractivity contribution in [1.29, 1.82) is 5.26 Å². The number of hydrogen-bond acceptors (Lipinski definition) is 3. The molecule has 0 bridgehead atoms. The van der Waals surface area contributed by atoms with Crippen LogP contribution >= 0.6 is 0 Å². The van der Waals surface area contributed by atoms with Gasteiger partial charge in [-0.2, -0.15) is 5.26 Å². The van der Waals surface area contributed by atoms with Crippen LogP contribution in [0.15, 0.2) is 0 Å². The molecule has 0 aromatic heterocycles. The van der Waals surface area contributed by atoms with Crippen molar-refractivity contribution in [2.75, 3.05) is 26.7 Å². The highest BCUT2D eigenvalue weighted by atomic mass is 16.2. The molecule has 4 nitrogen and oxygen atoms in total. The van der Waals surface area contributed by atoms with Crippen LogP contribution in [0.25, 0.3) is 0 Å². The van der Waals surface area contributed by atoms with E-state index in [-0.39, 0.29) is 5.91 Å². The Bertz CT molecular complexity index is 344. The number of nitrogens with zero attached hydrogens (tertiary/aromatic N) is 3. The zero-order valence-corrected chi connectivity index (χ0v) is 12.0. The zero-order chi connectivity index (χ0) is 13.7. The largest absolute Gasteiger partial charge is 0.344 e. The summed E-state index contributed by atoms with van der Waals surface area (Å²) in [6, 6.07) is 2.73. The van der Waals surface area contributed by atoms with Crippen molar-refractivity contribution in [2.45, 2.75) is 51.0 Å². The summed E-state index contributed by atoms with van der Waals surface area (Å²) >= 11 is 0. The molecule has 2 aliphatic rings. The number of carbonyl (C=O) groups excluding carboxylic acids is 1. The summed E-state index contributed by atoms with van der Waals surface area (Å²) in [5.74, 6) is 0.986. The van der Waals surface area contributed by atoms with Crippen LogP contribution in [0.5, 0.6) is 0 Å². The molecule has 0 aromatic rings. The number of rotatable bonds is 5. The number of likely N-dealkylation sites (N-methyl/N-ethyl adjacent to an activating group) is 1. The average Bonchev–Trinajstić information content (AvgIpc) is 3.05. The van der Waals surface area contributed by atoms with Gasteiger partial charge in [0.25, 0.3) is 0 Å². The van der Waals surface area contributed by atoms with E-state index in [4.69, 9.17) is 5.26 Å². The smallest absolute Gasteiger partial charge is 0.236 e. The molecule has 1 saturated heterocycles. The van der Waals surface area contributed by atoms with Crippen LogP contribution in [0.1, 0.15) is 44.9 Å². The zero-order valence-electron chi connectivity index (χ0n) is 12.0. The first kappa shape index (κ1) is 14.3. The second-order valence-electron chi connectivity index (χ2n) is 5.95. The van der Waals surface area contributed by atoms with E-state index >= 15 is 0 Å². The predicted molar refractivity (Wildman–Crippen MR) is 74.4 cm³/mol. The first-order chi connectivity index (χ1) is 9.22. The van der Waals surface area contributed by atoms with Crippen molar-refractivity contribution < 1.29 is 4.79 Å². The minimum Gasteiger partial charge on any atom is -0.344 e. The molecule has 1 saturated carbocycles. The maximum absolute atomic E-state index is 12.1. The van der Waals surface area contributed by atoms with Gasteiger partial charge < -0.3 is 4.90 Å². The van der Waals surface area contributed by atoms with Crippen LogP contribution in [-0.2, 0) is 4.79 Å². The molecule has 1 atom stereocenters. The molecule has 1 heterocycles. The van der Waals surface area contributed by atoms with E-state index in [9.17, 15) is 4.79 Å². The average molecular weight is 263 g/mol. The van der Waals surface area contributed by atoms with Gasteiger partial charge in [-0.25, -0.2) is 0 Å². The van der Waals surface area contributed by atoms with Crippen molar-refractivity contribution in [3.05, 3.63) is 0 Å². The van der Waals surface area contributed by atoms with Crippen molar-refractivity contribution in [1.82, 2.24) is 9.80 Å². The number of nitriles is 1. The first-order valence-electron chi connectivity index (χ1n) is 7.57. The molecule has 1 unspecified atom stereocenters. The van der Waals surface area contributed by atoms with E-state index in [1.54, 1.807) is 11.9 Å². The molecule has 4 heteroatoms. The van der Waals surface area contributed by atoms with E-state index in [1.807, 2.05) is 0 Å². The van der Waals surface area contributed by atoms with Gasteiger partial charge in [0.1, 0.15) is 0 Å². The van der Waals surface area contributed by atoms with Crippen molar-refractivity contribution >= 4 is 5.91 Å².